The molecule has 2 aliphatic heterocycles. The van der Waals surface area contributed by atoms with E-state index in [-0.39, 0.29) is 6.29 Å². The standard InChI is InChI=1S/C18H28N2O2/c1-15-7-4-8-16(19-15)17-9-5-11-20(17)12-6-14-22-18-10-2-3-13-21-18/h4,7-8,17-18H,2-3,5-6,9-14H2,1H3/t17-,18-/m1/s1. The van der Waals surface area contributed by atoms with E-state index in [1.165, 1.54) is 37.9 Å². The molecule has 0 bridgehead atoms. The number of aromatic nitrogens is 1. The fraction of sp³-hybridized carbons (Fsp3) is 0.722. The number of hydrogen-bond donors (Lipinski definition) is 0. The number of nitrogens with zero attached hydrogens (tertiary/aromatic N) is 2. The number of ether oxygens (including phenoxy) is 2. The maximum Gasteiger partial charge on any atom is 0.157 e. The Labute approximate surface area is 133 Å². The Morgan fingerprint density at radius 2 is 2.23 bits per heavy atom. The number of aryl methyl sites for hydroxylation is 1. The van der Waals surface area contributed by atoms with Gasteiger partial charge < -0.3 is 9.47 Å². The lowest BCUT2D eigenvalue weighted by molar-refractivity contribution is -0.163. The monoisotopic (exact) mass is 304 g/mol. The summed E-state index contributed by atoms with van der Waals surface area (Å²) in [6.07, 6.45) is 7.08. The molecule has 0 unspecified atom stereocenters. The summed E-state index contributed by atoms with van der Waals surface area (Å²) in [6.45, 7) is 6.00. The summed E-state index contributed by atoms with van der Waals surface area (Å²) in [6, 6.07) is 6.85. The molecule has 122 valence electrons. The Hall–Kier alpha value is -0.970. The summed E-state index contributed by atoms with van der Waals surface area (Å²) in [7, 11) is 0. The zero-order valence-electron chi connectivity index (χ0n) is 13.7. The van der Waals surface area contributed by atoms with E-state index in [0.717, 1.165) is 38.3 Å². The molecular formula is C18H28N2O2. The molecule has 0 saturated carbocycles. The van der Waals surface area contributed by atoms with Gasteiger partial charge in [0.1, 0.15) is 0 Å². The fourth-order valence-corrected chi connectivity index (χ4v) is 3.50. The highest BCUT2D eigenvalue weighted by Crippen LogP contribution is 2.30. The minimum absolute atomic E-state index is 0.0431. The Bertz CT molecular complexity index is 460. The van der Waals surface area contributed by atoms with Crippen molar-refractivity contribution < 1.29 is 9.47 Å². The molecule has 0 N–H and O–H groups in total. The first-order chi connectivity index (χ1) is 10.8. The predicted molar refractivity (Wildman–Crippen MR) is 86.7 cm³/mol. The largest absolute Gasteiger partial charge is 0.353 e. The molecule has 2 aliphatic rings. The summed E-state index contributed by atoms with van der Waals surface area (Å²) < 4.78 is 11.4. The molecular weight excluding hydrogens is 276 g/mol. The van der Waals surface area contributed by atoms with Crippen molar-refractivity contribution in [2.24, 2.45) is 0 Å². The second-order valence-corrected chi connectivity index (χ2v) is 6.42. The molecule has 1 aromatic heterocycles. The Morgan fingerprint density at radius 1 is 1.27 bits per heavy atom. The van der Waals surface area contributed by atoms with Crippen LogP contribution in [-0.4, -0.2) is 42.5 Å². The molecule has 22 heavy (non-hydrogen) atoms. The van der Waals surface area contributed by atoms with Gasteiger partial charge in [0.2, 0.25) is 0 Å². The molecule has 0 aliphatic carbocycles. The quantitative estimate of drug-likeness (QED) is 0.754. The van der Waals surface area contributed by atoms with Gasteiger partial charge in [0.25, 0.3) is 0 Å². The lowest BCUT2D eigenvalue weighted by Crippen LogP contribution is -2.27. The molecule has 2 saturated heterocycles. The summed E-state index contributed by atoms with van der Waals surface area (Å²) >= 11 is 0. The first kappa shape index (κ1) is 15.9. The molecule has 0 amide bonds. The van der Waals surface area contributed by atoms with Crippen molar-refractivity contribution in [3.8, 4) is 0 Å². The van der Waals surface area contributed by atoms with Gasteiger partial charge in [-0.2, -0.15) is 0 Å². The van der Waals surface area contributed by atoms with Crippen molar-refractivity contribution in [3.63, 3.8) is 0 Å². The lowest BCUT2D eigenvalue weighted by atomic mass is 10.1. The van der Waals surface area contributed by atoms with Crippen LogP contribution in [0.4, 0.5) is 0 Å². The van der Waals surface area contributed by atoms with Crippen LogP contribution in [0.5, 0.6) is 0 Å². The van der Waals surface area contributed by atoms with E-state index in [2.05, 4.69) is 30.0 Å². The van der Waals surface area contributed by atoms with Crippen LogP contribution < -0.4 is 0 Å². The predicted octanol–water partition coefficient (Wildman–Crippen LogP) is 3.46. The molecule has 4 heteroatoms. The van der Waals surface area contributed by atoms with Crippen LogP contribution in [0.25, 0.3) is 0 Å². The SMILES string of the molecule is Cc1cccc([C@H]2CCCN2CCCO[C@@H]2CCCCO2)n1. The highest BCUT2D eigenvalue weighted by atomic mass is 16.7. The zero-order chi connectivity index (χ0) is 15.2. The third-order valence-electron chi connectivity index (χ3n) is 4.65. The average molecular weight is 304 g/mol. The van der Waals surface area contributed by atoms with Gasteiger partial charge in [-0.25, -0.2) is 0 Å². The molecule has 0 aromatic carbocycles. The van der Waals surface area contributed by atoms with E-state index in [0.29, 0.717) is 6.04 Å². The highest BCUT2D eigenvalue weighted by Gasteiger charge is 2.26. The van der Waals surface area contributed by atoms with E-state index in [1.54, 1.807) is 0 Å². The Balaban J connectivity index is 1.43. The fourth-order valence-electron chi connectivity index (χ4n) is 3.50. The molecule has 0 spiro atoms. The van der Waals surface area contributed by atoms with Gasteiger partial charge in [-0.3, -0.25) is 9.88 Å². The van der Waals surface area contributed by atoms with Gasteiger partial charge >= 0.3 is 0 Å². The molecule has 1 aromatic rings. The molecule has 3 heterocycles. The van der Waals surface area contributed by atoms with Crippen LogP contribution in [0.1, 0.15) is 56.0 Å². The summed E-state index contributed by atoms with van der Waals surface area (Å²) in [4.78, 5) is 7.28. The molecule has 2 atom stereocenters. The lowest BCUT2D eigenvalue weighted by Gasteiger charge is -2.26. The summed E-state index contributed by atoms with van der Waals surface area (Å²) in [5, 5.41) is 0. The Kier molecular flexibility index (Phi) is 5.82. The van der Waals surface area contributed by atoms with E-state index in [9.17, 15) is 0 Å². The van der Waals surface area contributed by atoms with Gasteiger partial charge in [-0.1, -0.05) is 6.07 Å². The number of hydrogen-bond acceptors (Lipinski definition) is 4. The minimum atomic E-state index is 0.0431. The maximum absolute atomic E-state index is 5.84. The maximum atomic E-state index is 5.84. The van der Waals surface area contributed by atoms with Crippen molar-refractivity contribution in [2.45, 2.75) is 57.8 Å². The van der Waals surface area contributed by atoms with Crippen LogP contribution in [0.3, 0.4) is 0 Å². The minimum Gasteiger partial charge on any atom is -0.353 e. The van der Waals surface area contributed by atoms with E-state index < -0.39 is 0 Å². The van der Waals surface area contributed by atoms with Gasteiger partial charge in [0.15, 0.2) is 6.29 Å². The van der Waals surface area contributed by atoms with Crippen molar-refractivity contribution >= 4 is 0 Å². The number of likely N-dealkylation sites (tertiary alicyclic amines) is 1. The normalized spacial score (nSPS) is 26.4. The first-order valence-electron chi connectivity index (χ1n) is 8.74. The third-order valence-corrected chi connectivity index (χ3v) is 4.65. The topological polar surface area (TPSA) is 34.6 Å². The first-order valence-corrected chi connectivity index (χ1v) is 8.74. The van der Waals surface area contributed by atoms with Crippen molar-refractivity contribution in [3.05, 3.63) is 29.6 Å². The number of rotatable bonds is 6. The number of pyridine rings is 1. The van der Waals surface area contributed by atoms with Crippen LogP contribution >= 0.6 is 0 Å². The molecule has 3 rings (SSSR count). The van der Waals surface area contributed by atoms with Crippen LogP contribution in [0.2, 0.25) is 0 Å². The van der Waals surface area contributed by atoms with E-state index in [4.69, 9.17) is 14.5 Å². The summed E-state index contributed by atoms with van der Waals surface area (Å²) in [5.74, 6) is 0. The van der Waals surface area contributed by atoms with Crippen molar-refractivity contribution in [1.82, 2.24) is 9.88 Å². The zero-order valence-corrected chi connectivity index (χ0v) is 13.7. The second-order valence-electron chi connectivity index (χ2n) is 6.42. The summed E-state index contributed by atoms with van der Waals surface area (Å²) in [5.41, 5.74) is 2.34. The molecule has 2 fully saturated rings. The van der Waals surface area contributed by atoms with E-state index >= 15 is 0 Å². The highest BCUT2D eigenvalue weighted by molar-refractivity contribution is 5.14. The molecule has 4 nitrogen and oxygen atoms in total. The van der Waals surface area contributed by atoms with Crippen molar-refractivity contribution in [1.29, 1.82) is 0 Å². The van der Waals surface area contributed by atoms with Gasteiger partial charge in [0.05, 0.1) is 18.3 Å². The van der Waals surface area contributed by atoms with Gasteiger partial charge in [-0.15, -0.1) is 0 Å². The second kappa shape index (κ2) is 8.04. The molecule has 0 radical (unpaired) electrons. The van der Waals surface area contributed by atoms with Crippen LogP contribution in [0, 0.1) is 6.92 Å². The van der Waals surface area contributed by atoms with E-state index in [1.807, 2.05) is 0 Å². The van der Waals surface area contributed by atoms with Gasteiger partial charge in [0, 0.05) is 18.8 Å². The van der Waals surface area contributed by atoms with Crippen LogP contribution in [-0.2, 0) is 9.47 Å². The van der Waals surface area contributed by atoms with Crippen molar-refractivity contribution in [2.75, 3.05) is 26.3 Å². The third kappa shape index (κ3) is 4.28. The average Bonchev–Trinajstić information content (AvgIpc) is 3.01. The Morgan fingerprint density at radius 3 is 3.05 bits per heavy atom. The smallest absolute Gasteiger partial charge is 0.157 e. The van der Waals surface area contributed by atoms with Crippen LogP contribution in [0.15, 0.2) is 18.2 Å². The van der Waals surface area contributed by atoms with Gasteiger partial charge in [-0.05, 0) is 64.1 Å².